The zero-order chi connectivity index (χ0) is 15.4. The van der Waals surface area contributed by atoms with Gasteiger partial charge in [0, 0.05) is 25.2 Å². The topological polar surface area (TPSA) is 58.4 Å². The summed E-state index contributed by atoms with van der Waals surface area (Å²) in [5, 5.41) is 14.2. The molecule has 1 aromatic rings. The van der Waals surface area contributed by atoms with E-state index in [1.807, 2.05) is 19.1 Å². The molecule has 0 aromatic heterocycles. The van der Waals surface area contributed by atoms with Crippen molar-refractivity contribution >= 4 is 11.4 Å². The number of piperidine rings is 1. The van der Waals surface area contributed by atoms with Crippen LogP contribution in [0.5, 0.6) is 0 Å². The number of benzene rings is 1. The Hall–Kier alpha value is -1.62. The summed E-state index contributed by atoms with van der Waals surface area (Å²) in [5.74, 6) is 0.779. The molecule has 21 heavy (non-hydrogen) atoms. The van der Waals surface area contributed by atoms with Crippen LogP contribution >= 0.6 is 0 Å². The standard InChI is InChI=1S/C16H25N3O2/c1-4-17-15-6-5-14(10-16(15)19(20)21)11-18-8-7-12(2)9-13(18)3/h5-6,10,12-13,17H,4,7-9,11H2,1-3H3. The summed E-state index contributed by atoms with van der Waals surface area (Å²) in [5.41, 5.74) is 1.80. The summed E-state index contributed by atoms with van der Waals surface area (Å²) < 4.78 is 0. The van der Waals surface area contributed by atoms with Gasteiger partial charge < -0.3 is 5.32 Å². The van der Waals surface area contributed by atoms with Crippen LogP contribution < -0.4 is 5.32 Å². The highest BCUT2D eigenvalue weighted by atomic mass is 16.6. The lowest BCUT2D eigenvalue weighted by Gasteiger charge is -2.36. The quantitative estimate of drug-likeness (QED) is 0.664. The molecule has 116 valence electrons. The molecule has 1 heterocycles. The second-order valence-electron chi connectivity index (χ2n) is 6.09. The fourth-order valence-electron chi connectivity index (χ4n) is 3.09. The summed E-state index contributed by atoms with van der Waals surface area (Å²) in [6, 6.07) is 6.08. The van der Waals surface area contributed by atoms with Crippen LogP contribution in [0.4, 0.5) is 11.4 Å². The number of hydrogen-bond donors (Lipinski definition) is 1. The molecule has 1 aliphatic rings. The molecule has 1 aliphatic heterocycles. The van der Waals surface area contributed by atoms with Crippen LogP contribution in [0.1, 0.15) is 39.2 Å². The van der Waals surface area contributed by atoms with E-state index in [9.17, 15) is 10.1 Å². The van der Waals surface area contributed by atoms with Gasteiger partial charge in [0.1, 0.15) is 5.69 Å². The van der Waals surface area contributed by atoms with Crippen LogP contribution in [0.25, 0.3) is 0 Å². The predicted octanol–water partition coefficient (Wildman–Crippen LogP) is 3.65. The molecule has 1 saturated heterocycles. The van der Waals surface area contributed by atoms with Gasteiger partial charge in [0.05, 0.1) is 4.92 Å². The number of nitrogens with one attached hydrogen (secondary N) is 1. The lowest BCUT2D eigenvalue weighted by atomic mass is 9.93. The van der Waals surface area contributed by atoms with Gasteiger partial charge in [-0.1, -0.05) is 13.0 Å². The lowest BCUT2D eigenvalue weighted by molar-refractivity contribution is -0.384. The maximum absolute atomic E-state index is 11.2. The summed E-state index contributed by atoms with van der Waals surface area (Å²) in [6.07, 6.45) is 2.42. The largest absolute Gasteiger partial charge is 0.380 e. The number of anilines is 1. The van der Waals surface area contributed by atoms with Crippen LogP contribution in [0.15, 0.2) is 18.2 Å². The van der Waals surface area contributed by atoms with Crippen molar-refractivity contribution in [3.63, 3.8) is 0 Å². The van der Waals surface area contributed by atoms with Gasteiger partial charge in [0.2, 0.25) is 0 Å². The van der Waals surface area contributed by atoms with Crippen molar-refractivity contribution in [2.24, 2.45) is 5.92 Å². The minimum absolute atomic E-state index is 0.174. The summed E-state index contributed by atoms with van der Waals surface area (Å²) >= 11 is 0. The Morgan fingerprint density at radius 1 is 1.43 bits per heavy atom. The van der Waals surface area contributed by atoms with Crippen LogP contribution in [0.2, 0.25) is 0 Å². The molecule has 1 N–H and O–H groups in total. The van der Waals surface area contributed by atoms with E-state index in [4.69, 9.17) is 0 Å². The molecule has 0 amide bonds. The average molecular weight is 291 g/mol. The Morgan fingerprint density at radius 3 is 2.81 bits per heavy atom. The van der Waals surface area contributed by atoms with Gasteiger partial charge in [-0.25, -0.2) is 0 Å². The molecule has 2 unspecified atom stereocenters. The van der Waals surface area contributed by atoms with Gasteiger partial charge in [0.15, 0.2) is 0 Å². The van der Waals surface area contributed by atoms with Crippen molar-refractivity contribution in [3.8, 4) is 0 Å². The highest BCUT2D eigenvalue weighted by Crippen LogP contribution is 2.28. The van der Waals surface area contributed by atoms with Gasteiger partial charge in [0.25, 0.3) is 5.69 Å². The van der Waals surface area contributed by atoms with Crippen molar-refractivity contribution in [2.75, 3.05) is 18.4 Å². The monoisotopic (exact) mass is 291 g/mol. The molecule has 2 rings (SSSR count). The van der Waals surface area contributed by atoms with Gasteiger partial charge in [-0.05, 0) is 50.8 Å². The summed E-state index contributed by atoms with van der Waals surface area (Å²) in [6.45, 7) is 9.03. The third-order valence-electron chi connectivity index (χ3n) is 4.29. The number of hydrogen-bond acceptors (Lipinski definition) is 4. The second kappa shape index (κ2) is 6.89. The molecule has 0 aliphatic carbocycles. The molecule has 0 radical (unpaired) electrons. The first-order chi connectivity index (χ1) is 10.0. The van der Waals surface area contributed by atoms with Gasteiger partial charge in [-0.3, -0.25) is 15.0 Å². The number of rotatable bonds is 5. The molecule has 5 heteroatoms. The van der Waals surface area contributed by atoms with Crippen LogP contribution in [0, 0.1) is 16.0 Å². The van der Waals surface area contributed by atoms with Gasteiger partial charge in [-0.15, -0.1) is 0 Å². The molecule has 0 bridgehead atoms. The fourth-order valence-corrected chi connectivity index (χ4v) is 3.09. The minimum atomic E-state index is -0.302. The molecule has 2 atom stereocenters. The molecule has 0 spiro atoms. The Morgan fingerprint density at radius 2 is 2.19 bits per heavy atom. The first kappa shape index (κ1) is 15.8. The minimum Gasteiger partial charge on any atom is -0.380 e. The maximum Gasteiger partial charge on any atom is 0.292 e. The molecule has 1 aromatic carbocycles. The second-order valence-corrected chi connectivity index (χ2v) is 6.09. The van der Waals surface area contributed by atoms with E-state index in [1.165, 1.54) is 12.8 Å². The van der Waals surface area contributed by atoms with E-state index in [0.29, 0.717) is 18.3 Å². The zero-order valence-electron chi connectivity index (χ0n) is 13.1. The third kappa shape index (κ3) is 3.94. The van der Waals surface area contributed by atoms with Crippen molar-refractivity contribution in [1.29, 1.82) is 0 Å². The fraction of sp³-hybridized carbons (Fsp3) is 0.625. The van der Waals surface area contributed by atoms with Gasteiger partial charge >= 0.3 is 0 Å². The van der Waals surface area contributed by atoms with Crippen molar-refractivity contribution in [3.05, 3.63) is 33.9 Å². The number of nitro benzene ring substituents is 1. The maximum atomic E-state index is 11.2. The lowest BCUT2D eigenvalue weighted by Crippen LogP contribution is -2.39. The number of nitro groups is 1. The Bertz CT molecular complexity index is 504. The van der Waals surface area contributed by atoms with Gasteiger partial charge in [-0.2, -0.15) is 0 Å². The summed E-state index contributed by atoms with van der Waals surface area (Å²) in [4.78, 5) is 13.3. The third-order valence-corrected chi connectivity index (χ3v) is 4.29. The molecule has 5 nitrogen and oxygen atoms in total. The van der Waals surface area contributed by atoms with E-state index in [0.717, 1.165) is 24.6 Å². The Kier molecular flexibility index (Phi) is 5.17. The van der Waals surface area contributed by atoms with E-state index in [-0.39, 0.29) is 10.6 Å². The van der Waals surface area contributed by atoms with E-state index in [1.54, 1.807) is 6.07 Å². The molecule has 1 fully saturated rings. The van der Waals surface area contributed by atoms with Crippen molar-refractivity contribution < 1.29 is 4.92 Å². The van der Waals surface area contributed by atoms with E-state index < -0.39 is 0 Å². The SMILES string of the molecule is CCNc1ccc(CN2CCC(C)CC2C)cc1[N+](=O)[O-]. The van der Waals surface area contributed by atoms with E-state index >= 15 is 0 Å². The van der Waals surface area contributed by atoms with Crippen LogP contribution in [-0.4, -0.2) is 29.0 Å². The Balaban J connectivity index is 2.13. The first-order valence-corrected chi connectivity index (χ1v) is 7.76. The zero-order valence-corrected chi connectivity index (χ0v) is 13.1. The molecule has 0 saturated carbocycles. The number of nitrogens with zero attached hydrogens (tertiary/aromatic N) is 2. The highest BCUT2D eigenvalue weighted by Gasteiger charge is 2.23. The predicted molar refractivity (Wildman–Crippen MR) is 85.5 cm³/mol. The molecular formula is C16H25N3O2. The van der Waals surface area contributed by atoms with E-state index in [2.05, 4.69) is 24.1 Å². The van der Waals surface area contributed by atoms with Crippen LogP contribution in [0.3, 0.4) is 0 Å². The Labute approximate surface area is 126 Å². The smallest absolute Gasteiger partial charge is 0.292 e. The number of likely N-dealkylation sites (tertiary alicyclic amines) is 1. The summed E-state index contributed by atoms with van der Waals surface area (Å²) in [7, 11) is 0. The normalized spacial score (nSPS) is 23.0. The average Bonchev–Trinajstić information content (AvgIpc) is 2.43. The molecular weight excluding hydrogens is 266 g/mol. The highest BCUT2D eigenvalue weighted by molar-refractivity contribution is 5.62. The van der Waals surface area contributed by atoms with Crippen molar-refractivity contribution in [1.82, 2.24) is 4.90 Å². The van der Waals surface area contributed by atoms with Crippen molar-refractivity contribution in [2.45, 2.75) is 46.2 Å². The first-order valence-electron chi connectivity index (χ1n) is 7.76. The van der Waals surface area contributed by atoms with Crippen LogP contribution in [-0.2, 0) is 6.54 Å².